The predicted molar refractivity (Wildman–Crippen MR) is 73.9 cm³/mol. The van der Waals surface area contributed by atoms with Gasteiger partial charge in [0.25, 0.3) is 5.56 Å². The van der Waals surface area contributed by atoms with Gasteiger partial charge in [0.15, 0.2) is 0 Å². The summed E-state index contributed by atoms with van der Waals surface area (Å²) in [6, 6.07) is 1.77. The summed E-state index contributed by atoms with van der Waals surface area (Å²) in [7, 11) is 0. The molecule has 0 aliphatic heterocycles. The Hall–Kier alpha value is -0.130. The molecule has 0 aromatic carbocycles. The minimum atomic E-state index is 0.0143. The summed E-state index contributed by atoms with van der Waals surface area (Å²) >= 11 is 6.62. The molecule has 0 radical (unpaired) electrons. The number of hydrogen-bond donors (Lipinski definition) is 1. The largest absolute Gasteiger partial charge is 0.315 e. The number of halogens is 2. The van der Waals surface area contributed by atoms with E-state index in [1.807, 2.05) is 6.20 Å². The Kier molecular flexibility index (Phi) is 6.31. The number of nitrogens with one attached hydrogen (secondary N) is 1. The van der Waals surface area contributed by atoms with Crippen LogP contribution in [0, 0.1) is 0 Å². The Morgan fingerprint density at radius 3 is 2.81 bits per heavy atom. The fourth-order valence-electron chi connectivity index (χ4n) is 1.36. The van der Waals surface area contributed by atoms with Gasteiger partial charge in [-0.15, -0.1) is 0 Å². The maximum absolute atomic E-state index is 11.7. The summed E-state index contributed by atoms with van der Waals surface area (Å²) < 4.78 is 3.20. The first kappa shape index (κ1) is 13.9. The standard InChI is InChI=1S/C11H16Br2N2O/c1-2-3-4-14-5-6-15-8-9(12)7-10(13)11(15)16/h7-8,14H,2-6H2,1H3. The van der Waals surface area contributed by atoms with Crippen LogP contribution in [0.5, 0.6) is 0 Å². The maximum Gasteiger partial charge on any atom is 0.264 e. The van der Waals surface area contributed by atoms with Crippen LogP contribution in [-0.2, 0) is 6.54 Å². The molecule has 16 heavy (non-hydrogen) atoms. The van der Waals surface area contributed by atoms with Gasteiger partial charge < -0.3 is 9.88 Å². The minimum absolute atomic E-state index is 0.0143. The fourth-order valence-corrected chi connectivity index (χ4v) is 2.61. The highest BCUT2D eigenvalue weighted by molar-refractivity contribution is 9.11. The summed E-state index contributed by atoms with van der Waals surface area (Å²) in [5.41, 5.74) is 0.0143. The molecule has 3 nitrogen and oxygen atoms in total. The molecule has 0 fully saturated rings. The SMILES string of the molecule is CCCCNCCn1cc(Br)cc(Br)c1=O. The zero-order valence-electron chi connectivity index (χ0n) is 9.30. The average molecular weight is 352 g/mol. The molecule has 0 saturated carbocycles. The first-order chi connectivity index (χ1) is 7.65. The number of aromatic nitrogens is 1. The van der Waals surface area contributed by atoms with Crippen molar-refractivity contribution in [3.05, 3.63) is 31.6 Å². The van der Waals surface area contributed by atoms with E-state index >= 15 is 0 Å². The lowest BCUT2D eigenvalue weighted by Crippen LogP contribution is -2.27. The van der Waals surface area contributed by atoms with E-state index in [1.165, 1.54) is 12.8 Å². The molecule has 0 unspecified atom stereocenters. The maximum atomic E-state index is 11.7. The molecule has 0 atom stereocenters. The van der Waals surface area contributed by atoms with Crippen molar-refractivity contribution in [3.8, 4) is 0 Å². The van der Waals surface area contributed by atoms with Crippen molar-refractivity contribution >= 4 is 31.9 Å². The molecule has 0 amide bonds. The molecule has 0 saturated heterocycles. The Labute approximate surface area is 112 Å². The smallest absolute Gasteiger partial charge is 0.264 e. The van der Waals surface area contributed by atoms with Crippen molar-refractivity contribution in [2.75, 3.05) is 13.1 Å². The highest BCUT2D eigenvalue weighted by Crippen LogP contribution is 2.12. The van der Waals surface area contributed by atoms with E-state index in [9.17, 15) is 4.79 Å². The van der Waals surface area contributed by atoms with Crippen molar-refractivity contribution in [2.45, 2.75) is 26.3 Å². The van der Waals surface area contributed by atoms with Crippen molar-refractivity contribution in [2.24, 2.45) is 0 Å². The van der Waals surface area contributed by atoms with Gasteiger partial charge in [-0.05, 0) is 50.9 Å². The average Bonchev–Trinajstić information content (AvgIpc) is 2.24. The van der Waals surface area contributed by atoms with Gasteiger partial charge in [0.05, 0.1) is 4.47 Å². The van der Waals surface area contributed by atoms with Crippen LogP contribution in [0.25, 0.3) is 0 Å². The lowest BCUT2D eigenvalue weighted by Gasteiger charge is -2.08. The Bertz CT molecular complexity index is 390. The fraction of sp³-hybridized carbons (Fsp3) is 0.545. The molecule has 0 aliphatic rings. The van der Waals surface area contributed by atoms with Crippen LogP contribution in [0.2, 0.25) is 0 Å². The van der Waals surface area contributed by atoms with Crippen molar-refractivity contribution in [1.29, 1.82) is 0 Å². The molecule has 1 N–H and O–H groups in total. The monoisotopic (exact) mass is 350 g/mol. The number of nitrogens with zero attached hydrogens (tertiary/aromatic N) is 1. The van der Waals surface area contributed by atoms with Gasteiger partial charge in [-0.3, -0.25) is 4.79 Å². The van der Waals surface area contributed by atoms with E-state index in [2.05, 4.69) is 44.1 Å². The topological polar surface area (TPSA) is 34.0 Å². The summed E-state index contributed by atoms with van der Waals surface area (Å²) in [6.45, 7) is 4.70. The Balaban J connectivity index is 2.51. The van der Waals surface area contributed by atoms with E-state index in [4.69, 9.17) is 0 Å². The lowest BCUT2D eigenvalue weighted by atomic mass is 10.3. The van der Waals surface area contributed by atoms with Crippen molar-refractivity contribution in [1.82, 2.24) is 9.88 Å². The third-order valence-electron chi connectivity index (χ3n) is 2.25. The lowest BCUT2D eigenvalue weighted by molar-refractivity contribution is 0.568. The summed E-state index contributed by atoms with van der Waals surface area (Å²) in [4.78, 5) is 11.7. The van der Waals surface area contributed by atoms with Crippen LogP contribution in [-0.4, -0.2) is 17.7 Å². The second kappa shape index (κ2) is 7.25. The molecule has 0 aliphatic carbocycles. The highest BCUT2D eigenvalue weighted by atomic mass is 79.9. The molecular formula is C11H16Br2N2O. The van der Waals surface area contributed by atoms with E-state index in [0.29, 0.717) is 11.0 Å². The zero-order chi connectivity index (χ0) is 12.0. The first-order valence-corrected chi connectivity index (χ1v) is 7.00. The van der Waals surface area contributed by atoms with Gasteiger partial charge in [-0.25, -0.2) is 0 Å². The van der Waals surface area contributed by atoms with Crippen LogP contribution in [0.4, 0.5) is 0 Å². The molecule has 1 aromatic rings. The Morgan fingerprint density at radius 2 is 2.12 bits per heavy atom. The van der Waals surface area contributed by atoms with E-state index in [1.54, 1.807) is 10.6 Å². The third kappa shape index (κ3) is 4.39. The van der Waals surface area contributed by atoms with Gasteiger partial charge in [-0.1, -0.05) is 13.3 Å². The summed E-state index contributed by atoms with van der Waals surface area (Å²) in [5, 5.41) is 3.31. The molecule has 0 spiro atoms. The number of pyridine rings is 1. The van der Waals surface area contributed by atoms with Crippen molar-refractivity contribution < 1.29 is 0 Å². The number of hydrogen-bond acceptors (Lipinski definition) is 2. The Morgan fingerprint density at radius 1 is 1.38 bits per heavy atom. The van der Waals surface area contributed by atoms with E-state index in [0.717, 1.165) is 17.6 Å². The van der Waals surface area contributed by atoms with Gasteiger partial charge in [-0.2, -0.15) is 0 Å². The van der Waals surface area contributed by atoms with Crippen LogP contribution in [0.15, 0.2) is 26.0 Å². The molecule has 1 rings (SSSR count). The van der Waals surface area contributed by atoms with Gasteiger partial charge in [0.2, 0.25) is 0 Å². The summed E-state index contributed by atoms with van der Waals surface area (Å²) in [6.07, 6.45) is 4.18. The van der Waals surface area contributed by atoms with E-state index in [-0.39, 0.29) is 5.56 Å². The normalized spacial score (nSPS) is 10.7. The molecule has 1 aromatic heterocycles. The van der Waals surface area contributed by atoms with Crippen LogP contribution < -0.4 is 10.9 Å². The van der Waals surface area contributed by atoms with Crippen LogP contribution >= 0.6 is 31.9 Å². The highest BCUT2D eigenvalue weighted by Gasteiger charge is 2.02. The molecule has 90 valence electrons. The summed E-state index contributed by atoms with van der Waals surface area (Å²) in [5.74, 6) is 0. The molecular weight excluding hydrogens is 336 g/mol. The van der Waals surface area contributed by atoms with Gasteiger partial charge in [0.1, 0.15) is 0 Å². The van der Waals surface area contributed by atoms with Crippen LogP contribution in [0.3, 0.4) is 0 Å². The van der Waals surface area contributed by atoms with Crippen LogP contribution in [0.1, 0.15) is 19.8 Å². The van der Waals surface area contributed by atoms with Gasteiger partial charge >= 0.3 is 0 Å². The quantitative estimate of drug-likeness (QED) is 0.799. The molecule has 1 heterocycles. The van der Waals surface area contributed by atoms with E-state index < -0.39 is 0 Å². The molecule has 0 bridgehead atoms. The third-order valence-corrected chi connectivity index (χ3v) is 3.25. The first-order valence-electron chi connectivity index (χ1n) is 5.41. The van der Waals surface area contributed by atoms with Crippen molar-refractivity contribution in [3.63, 3.8) is 0 Å². The minimum Gasteiger partial charge on any atom is -0.315 e. The zero-order valence-corrected chi connectivity index (χ0v) is 12.5. The molecule has 5 heteroatoms. The van der Waals surface area contributed by atoms with Gasteiger partial charge in [0, 0.05) is 23.8 Å². The number of unbranched alkanes of at least 4 members (excludes halogenated alkanes) is 1. The predicted octanol–water partition coefficient (Wildman–Crippen LogP) is 2.76. The second-order valence-electron chi connectivity index (χ2n) is 3.61. The second-order valence-corrected chi connectivity index (χ2v) is 5.38. The number of rotatable bonds is 6.